The lowest BCUT2D eigenvalue weighted by Crippen LogP contribution is -2.56. The normalized spacial score (nSPS) is 32.0. The van der Waals surface area contributed by atoms with Gasteiger partial charge < -0.3 is 29.3 Å². The van der Waals surface area contributed by atoms with E-state index in [1.807, 2.05) is 36.4 Å². The molecule has 1 N–H and O–H groups in total. The van der Waals surface area contributed by atoms with Gasteiger partial charge in [-0.3, -0.25) is 14.4 Å². The van der Waals surface area contributed by atoms with E-state index in [0.29, 0.717) is 19.4 Å². The summed E-state index contributed by atoms with van der Waals surface area (Å²) in [6.45, 7) is 8.48. The monoisotopic (exact) mass is 523 g/mol. The number of anilines is 2. The van der Waals surface area contributed by atoms with Crippen molar-refractivity contribution >= 4 is 29.2 Å². The van der Waals surface area contributed by atoms with Gasteiger partial charge in [0, 0.05) is 44.2 Å². The number of ether oxygens (including phenoxy) is 2. The van der Waals surface area contributed by atoms with Crippen LogP contribution < -0.4 is 9.80 Å². The van der Waals surface area contributed by atoms with Crippen LogP contribution in [-0.2, 0) is 23.9 Å². The first-order valence-corrected chi connectivity index (χ1v) is 13.6. The lowest BCUT2D eigenvalue weighted by molar-refractivity contribution is -0.156. The highest BCUT2D eigenvalue weighted by Crippen LogP contribution is 2.57. The standard InChI is InChI=1S/C29H37N3O6/c1-4-30(5-2)20-10-12-21(13-11-20)31-17-8-15-29-22(23-27(36)37-19-9-14-28(23,3)38-29)25(34)32(16-6-7-18-33)24(29)26(31)35/h8-15,22-24,33H,4-7,16-19H2,1-3H3/t22-,23+,24?,28-,29-/m0/s1. The van der Waals surface area contributed by atoms with Crippen LogP contribution >= 0.6 is 0 Å². The molecule has 9 heteroatoms. The van der Waals surface area contributed by atoms with Crippen LogP contribution in [-0.4, -0.2) is 84.4 Å². The zero-order valence-electron chi connectivity index (χ0n) is 22.3. The van der Waals surface area contributed by atoms with Crippen LogP contribution in [0.4, 0.5) is 11.4 Å². The molecule has 0 radical (unpaired) electrons. The van der Waals surface area contributed by atoms with E-state index < -0.39 is 35.0 Å². The topological polar surface area (TPSA) is 99.6 Å². The van der Waals surface area contributed by atoms with E-state index in [9.17, 15) is 19.5 Å². The molecule has 0 aromatic heterocycles. The maximum absolute atomic E-state index is 14.4. The third kappa shape index (κ3) is 4.03. The van der Waals surface area contributed by atoms with Gasteiger partial charge in [-0.05, 0) is 64.0 Å². The van der Waals surface area contributed by atoms with Crippen molar-refractivity contribution < 1.29 is 29.0 Å². The number of unbranched alkanes of at least 4 members (excludes halogenated alkanes) is 1. The van der Waals surface area contributed by atoms with Crippen molar-refractivity contribution in [3.63, 3.8) is 0 Å². The second-order valence-electron chi connectivity index (χ2n) is 10.5. The molecular weight excluding hydrogens is 486 g/mol. The number of rotatable bonds is 8. The van der Waals surface area contributed by atoms with E-state index in [1.165, 1.54) is 0 Å². The third-order valence-corrected chi connectivity index (χ3v) is 8.41. The first kappa shape index (κ1) is 26.4. The summed E-state index contributed by atoms with van der Waals surface area (Å²) in [5, 5.41) is 9.35. The van der Waals surface area contributed by atoms with Crippen molar-refractivity contribution in [2.75, 3.05) is 49.2 Å². The first-order chi connectivity index (χ1) is 18.3. The van der Waals surface area contributed by atoms with Crippen molar-refractivity contribution in [2.45, 2.75) is 50.9 Å². The fraction of sp³-hybridized carbons (Fsp3) is 0.552. The fourth-order valence-electron chi connectivity index (χ4n) is 6.65. The number of likely N-dealkylation sites (tertiary alicyclic amines) is 1. The lowest BCUT2D eigenvalue weighted by atomic mass is 9.75. The summed E-state index contributed by atoms with van der Waals surface area (Å²) in [6.07, 6.45) is 8.26. The van der Waals surface area contributed by atoms with Gasteiger partial charge in [0.1, 0.15) is 24.2 Å². The van der Waals surface area contributed by atoms with Crippen LogP contribution in [0.3, 0.4) is 0 Å². The van der Waals surface area contributed by atoms with Crippen molar-refractivity contribution in [3.05, 3.63) is 48.6 Å². The maximum atomic E-state index is 14.4. The van der Waals surface area contributed by atoms with E-state index in [1.54, 1.807) is 28.9 Å². The summed E-state index contributed by atoms with van der Waals surface area (Å²) >= 11 is 0. The minimum Gasteiger partial charge on any atom is -0.461 e. The van der Waals surface area contributed by atoms with Crippen LogP contribution in [0.15, 0.2) is 48.6 Å². The number of aliphatic hydroxyl groups excluding tert-OH is 1. The summed E-state index contributed by atoms with van der Waals surface area (Å²) in [7, 11) is 0. The number of amides is 2. The van der Waals surface area contributed by atoms with E-state index in [2.05, 4.69) is 18.7 Å². The Bertz CT molecular complexity index is 1150. The largest absolute Gasteiger partial charge is 0.461 e. The summed E-state index contributed by atoms with van der Waals surface area (Å²) in [4.78, 5) is 47.0. The Labute approximate surface area is 223 Å². The molecule has 1 aromatic carbocycles. The highest BCUT2D eigenvalue weighted by Gasteiger charge is 2.74. The Kier molecular flexibility index (Phi) is 7.09. The van der Waals surface area contributed by atoms with E-state index >= 15 is 0 Å². The van der Waals surface area contributed by atoms with Gasteiger partial charge in [0.05, 0.1) is 11.5 Å². The highest BCUT2D eigenvalue weighted by molar-refractivity contribution is 6.05. The summed E-state index contributed by atoms with van der Waals surface area (Å²) in [5.41, 5.74) is -0.568. The van der Waals surface area contributed by atoms with Gasteiger partial charge in [-0.15, -0.1) is 0 Å². The van der Waals surface area contributed by atoms with Crippen LogP contribution in [0.25, 0.3) is 0 Å². The molecule has 0 aliphatic carbocycles. The van der Waals surface area contributed by atoms with Crippen LogP contribution in [0.2, 0.25) is 0 Å². The molecule has 2 fully saturated rings. The number of nitrogens with zero attached hydrogens (tertiary/aromatic N) is 3. The smallest absolute Gasteiger partial charge is 0.313 e. The molecule has 1 aromatic rings. The van der Waals surface area contributed by atoms with Gasteiger partial charge >= 0.3 is 5.97 Å². The number of fused-ring (bicyclic) bond motifs is 2. The average Bonchev–Trinajstić information content (AvgIpc) is 3.15. The van der Waals surface area contributed by atoms with Crippen LogP contribution in [0.1, 0.15) is 33.6 Å². The molecule has 0 bridgehead atoms. The molecular formula is C29H37N3O6. The Balaban J connectivity index is 1.55. The molecule has 4 heterocycles. The van der Waals surface area contributed by atoms with E-state index in [0.717, 1.165) is 24.5 Å². The van der Waals surface area contributed by atoms with Gasteiger partial charge in [-0.2, -0.15) is 0 Å². The predicted molar refractivity (Wildman–Crippen MR) is 143 cm³/mol. The van der Waals surface area contributed by atoms with Crippen molar-refractivity contribution in [3.8, 4) is 0 Å². The van der Waals surface area contributed by atoms with Crippen molar-refractivity contribution in [1.29, 1.82) is 0 Å². The molecule has 1 unspecified atom stereocenters. The zero-order chi connectivity index (χ0) is 27.1. The number of carbonyl (C=O) groups is 3. The summed E-state index contributed by atoms with van der Waals surface area (Å²) in [6, 6.07) is 6.94. The fourth-order valence-corrected chi connectivity index (χ4v) is 6.65. The number of hydrogen-bond donors (Lipinski definition) is 1. The number of benzene rings is 1. The third-order valence-electron chi connectivity index (χ3n) is 8.41. The zero-order valence-corrected chi connectivity index (χ0v) is 22.3. The SMILES string of the molecule is CCN(CC)c1ccc(N2CC=C[C@]34O[C@@]5(C)C=CCOC(=O)[C@H]5[C@H]3C(=O)N(CCCCO)C4C2=O)cc1. The van der Waals surface area contributed by atoms with Gasteiger partial charge in [-0.1, -0.05) is 18.2 Å². The number of aliphatic hydroxyl groups is 1. The summed E-state index contributed by atoms with van der Waals surface area (Å²) < 4.78 is 12.1. The highest BCUT2D eigenvalue weighted by atomic mass is 16.6. The van der Waals surface area contributed by atoms with Crippen molar-refractivity contribution in [2.24, 2.45) is 11.8 Å². The van der Waals surface area contributed by atoms with Crippen LogP contribution in [0, 0.1) is 11.8 Å². The van der Waals surface area contributed by atoms with Gasteiger partial charge in [0.25, 0.3) is 5.91 Å². The molecule has 2 amide bonds. The number of hydrogen-bond acceptors (Lipinski definition) is 7. The lowest BCUT2D eigenvalue weighted by Gasteiger charge is -2.37. The molecule has 9 nitrogen and oxygen atoms in total. The first-order valence-electron chi connectivity index (χ1n) is 13.6. The van der Waals surface area contributed by atoms with Crippen LogP contribution in [0.5, 0.6) is 0 Å². The number of esters is 1. The van der Waals surface area contributed by atoms with Gasteiger partial charge in [0.15, 0.2) is 0 Å². The predicted octanol–water partition coefficient (Wildman–Crippen LogP) is 2.29. The molecule has 4 aliphatic rings. The molecule has 204 valence electrons. The van der Waals surface area contributed by atoms with Gasteiger partial charge in [0.2, 0.25) is 5.91 Å². The second-order valence-corrected chi connectivity index (χ2v) is 10.5. The van der Waals surface area contributed by atoms with E-state index in [-0.39, 0.29) is 31.6 Å². The van der Waals surface area contributed by atoms with E-state index in [4.69, 9.17) is 9.47 Å². The quantitative estimate of drug-likeness (QED) is 0.317. The molecule has 5 atom stereocenters. The number of cyclic esters (lactones) is 1. The molecule has 0 saturated carbocycles. The Morgan fingerprint density at radius 2 is 1.74 bits per heavy atom. The number of carbonyl (C=O) groups excluding carboxylic acids is 3. The Morgan fingerprint density at radius 3 is 2.42 bits per heavy atom. The minimum absolute atomic E-state index is 0.00551. The molecule has 1 spiro atoms. The average molecular weight is 524 g/mol. The van der Waals surface area contributed by atoms with Gasteiger partial charge in [-0.25, -0.2) is 0 Å². The maximum Gasteiger partial charge on any atom is 0.313 e. The molecule has 2 saturated heterocycles. The Hall–Kier alpha value is -3.17. The summed E-state index contributed by atoms with van der Waals surface area (Å²) in [5.74, 6) is -2.77. The molecule has 38 heavy (non-hydrogen) atoms. The molecule has 5 rings (SSSR count). The Morgan fingerprint density at radius 1 is 1.00 bits per heavy atom. The second kappa shape index (κ2) is 10.2. The molecule has 4 aliphatic heterocycles. The minimum atomic E-state index is -1.30. The van der Waals surface area contributed by atoms with Crippen molar-refractivity contribution in [1.82, 2.24) is 4.90 Å².